The molecule has 1 aliphatic carbocycles. The third-order valence-corrected chi connectivity index (χ3v) is 4.86. The molecular formula is C15H25N3O. The van der Waals surface area contributed by atoms with Crippen LogP contribution in [0.3, 0.4) is 0 Å². The number of rotatable bonds is 4. The zero-order valence-electron chi connectivity index (χ0n) is 12.3. The minimum Gasteiger partial charge on any atom is -0.324 e. The van der Waals surface area contributed by atoms with Crippen LogP contribution in [0, 0.1) is 17.8 Å². The van der Waals surface area contributed by atoms with Crippen molar-refractivity contribution in [3.8, 4) is 0 Å². The molecule has 0 unspecified atom stereocenters. The van der Waals surface area contributed by atoms with Crippen molar-refractivity contribution in [1.82, 2.24) is 10.1 Å². The molecule has 0 spiro atoms. The van der Waals surface area contributed by atoms with E-state index >= 15 is 0 Å². The Hall–Kier alpha value is -1.06. The Bertz CT molecular complexity index is 421. The summed E-state index contributed by atoms with van der Waals surface area (Å²) in [6.07, 6.45) is 5.42. The van der Waals surface area contributed by atoms with E-state index in [1.807, 2.05) is 0 Å². The van der Waals surface area contributed by atoms with E-state index in [1.165, 1.54) is 25.7 Å². The summed E-state index contributed by atoms with van der Waals surface area (Å²) in [4.78, 5) is 6.76. The van der Waals surface area contributed by atoms with Gasteiger partial charge in [-0.2, -0.15) is 4.98 Å². The molecule has 1 aromatic rings. The minimum absolute atomic E-state index is 0.340. The van der Waals surface area contributed by atoms with Crippen LogP contribution in [-0.4, -0.2) is 23.2 Å². The van der Waals surface area contributed by atoms with Gasteiger partial charge in [0.15, 0.2) is 5.82 Å². The second-order valence-electron chi connectivity index (χ2n) is 6.48. The zero-order chi connectivity index (χ0) is 13.4. The maximum Gasteiger partial charge on any atom is 0.324 e. The second-order valence-corrected chi connectivity index (χ2v) is 6.48. The van der Waals surface area contributed by atoms with Gasteiger partial charge in [0.05, 0.1) is 0 Å². The van der Waals surface area contributed by atoms with Gasteiger partial charge in [0.1, 0.15) is 0 Å². The summed E-state index contributed by atoms with van der Waals surface area (Å²) >= 11 is 0. The maximum absolute atomic E-state index is 5.38. The zero-order valence-corrected chi connectivity index (χ0v) is 12.3. The molecule has 4 nitrogen and oxygen atoms in total. The van der Waals surface area contributed by atoms with E-state index in [0.717, 1.165) is 42.7 Å². The van der Waals surface area contributed by atoms with Crippen LogP contribution in [0.1, 0.15) is 58.2 Å². The van der Waals surface area contributed by atoms with Gasteiger partial charge < -0.3 is 9.42 Å². The van der Waals surface area contributed by atoms with Crippen molar-refractivity contribution in [3.63, 3.8) is 0 Å². The predicted octanol–water partition coefficient (Wildman–Crippen LogP) is 3.46. The third-order valence-electron chi connectivity index (χ3n) is 4.86. The van der Waals surface area contributed by atoms with Crippen LogP contribution in [0.15, 0.2) is 4.52 Å². The van der Waals surface area contributed by atoms with Gasteiger partial charge in [-0.15, -0.1) is 0 Å². The van der Waals surface area contributed by atoms with Crippen molar-refractivity contribution in [1.29, 1.82) is 0 Å². The highest BCUT2D eigenvalue weighted by Crippen LogP contribution is 2.49. The van der Waals surface area contributed by atoms with E-state index in [2.05, 4.69) is 35.8 Å². The molecule has 2 aliphatic rings. The van der Waals surface area contributed by atoms with Crippen LogP contribution in [0.2, 0.25) is 0 Å². The molecule has 0 amide bonds. The predicted molar refractivity (Wildman–Crippen MR) is 75.2 cm³/mol. The fourth-order valence-corrected chi connectivity index (χ4v) is 3.43. The molecule has 3 rings (SSSR count). The smallest absolute Gasteiger partial charge is 0.324 e. The van der Waals surface area contributed by atoms with Crippen LogP contribution in [0.4, 0.5) is 6.01 Å². The summed E-state index contributed by atoms with van der Waals surface area (Å²) < 4.78 is 5.38. The molecule has 0 radical (unpaired) electrons. The monoisotopic (exact) mass is 263 g/mol. The van der Waals surface area contributed by atoms with Gasteiger partial charge in [0.25, 0.3) is 0 Å². The molecule has 0 bridgehead atoms. The summed E-state index contributed by atoms with van der Waals surface area (Å²) in [7, 11) is 0. The molecule has 4 heteroatoms. The van der Waals surface area contributed by atoms with E-state index in [0.29, 0.717) is 5.92 Å². The summed E-state index contributed by atoms with van der Waals surface area (Å²) in [6.45, 7) is 8.68. The van der Waals surface area contributed by atoms with Crippen LogP contribution in [-0.2, 0) is 0 Å². The SMILES string of the molecule is CC[C@@H]1C[C@@H]1C1CCN(c2nc(C(C)C)no2)CC1. The van der Waals surface area contributed by atoms with Gasteiger partial charge in [0, 0.05) is 19.0 Å². The molecule has 2 fully saturated rings. The first-order chi connectivity index (χ1) is 9.19. The number of anilines is 1. The molecule has 1 aromatic heterocycles. The molecule has 0 N–H and O–H groups in total. The van der Waals surface area contributed by atoms with E-state index in [9.17, 15) is 0 Å². The van der Waals surface area contributed by atoms with Crippen molar-refractivity contribution in [2.75, 3.05) is 18.0 Å². The molecule has 1 saturated carbocycles. The highest BCUT2D eigenvalue weighted by molar-refractivity contribution is 5.26. The Balaban J connectivity index is 1.54. The normalized spacial score (nSPS) is 28.1. The molecule has 2 heterocycles. The molecule has 1 aliphatic heterocycles. The van der Waals surface area contributed by atoms with E-state index in [1.54, 1.807) is 0 Å². The van der Waals surface area contributed by atoms with Crippen LogP contribution >= 0.6 is 0 Å². The number of hydrogen-bond acceptors (Lipinski definition) is 4. The van der Waals surface area contributed by atoms with E-state index in [4.69, 9.17) is 4.52 Å². The fraction of sp³-hybridized carbons (Fsp3) is 0.867. The number of hydrogen-bond donors (Lipinski definition) is 0. The van der Waals surface area contributed by atoms with Gasteiger partial charge in [-0.05, 0) is 37.0 Å². The average molecular weight is 263 g/mol. The first-order valence-electron chi connectivity index (χ1n) is 7.77. The standard InChI is InChI=1S/C15H25N3O/c1-4-11-9-13(11)12-5-7-18(8-6-12)15-16-14(10(2)3)17-19-15/h10-13H,4-9H2,1-3H3/t11-,13+/m1/s1. The molecule has 0 aromatic carbocycles. The molecule has 106 valence electrons. The number of piperidine rings is 1. The Labute approximate surface area is 115 Å². The summed E-state index contributed by atoms with van der Waals surface area (Å²) in [5, 5.41) is 4.05. The highest BCUT2D eigenvalue weighted by Gasteiger charge is 2.42. The fourth-order valence-electron chi connectivity index (χ4n) is 3.43. The second kappa shape index (κ2) is 5.14. The Morgan fingerprint density at radius 1 is 1.32 bits per heavy atom. The average Bonchev–Trinajstić information content (AvgIpc) is 3.05. The lowest BCUT2D eigenvalue weighted by Crippen LogP contribution is -2.34. The van der Waals surface area contributed by atoms with Crippen LogP contribution in [0.5, 0.6) is 0 Å². The minimum atomic E-state index is 0.340. The lowest BCUT2D eigenvalue weighted by atomic mass is 9.91. The topological polar surface area (TPSA) is 42.2 Å². The largest absolute Gasteiger partial charge is 0.324 e. The summed E-state index contributed by atoms with van der Waals surface area (Å²) in [6, 6.07) is 0.727. The Kier molecular flexibility index (Phi) is 3.50. The summed E-state index contributed by atoms with van der Waals surface area (Å²) in [5.74, 6) is 4.14. The van der Waals surface area contributed by atoms with Crippen molar-refractivity contribution in [3.05, 3.63) is 5.82 Å². The van der Waals surface area contributed by atoms with Gasteiger partial charge in [-0.3, -0.25) is 0 Å². The molecule has 2 atom stereocenters. The molecule has 19 heavy (non-hydrogen) atoms. The molecule has 1 saturated heterocycles. The van der Waals surface area contributed by atoms with Crippen molar-refractivity contribution in [2.45, 2.75) is 52.4 Å². The van der Waals surface area contributed by atoms with Gasteiger partial charge in [-0.25, -0.2) is 0 Å². The maximum atomic E-state index is 5.38. The molecular weight excluding hydrogens is 238 g/mol. The number of aromatic nitrogens is 2. The van der Waals surface area contributed by atoms with E-state index in [-0.39, 0.29) is 0 Å². The quantitative estimate of drug-likeness (QED) is 0.834. The summed E-state index contributed by atoms with van der Waals surface area (Å²) in [5.41, 5.74) is 0. The Morgan fingerprint density at radius 3 is 2.58 bits per heavy atom. The van der Waals surface area contributed by atoms with E-state index < -0.39 is 0 Å². The van der Waals surface area contributed by atoms with Gasteiger partial charge in [-0.1, -0.05) is 32.3 Å². The van der Waals surface area contributed by atoms with Crippen molar-refractivity contribution < 1.29 is 4.52 Å². The first kappa shape index (κ1) is 12.9. The lowest BCUT2D eigenvalue weighted by molar-refractivity contribution is 0.325. The van der Waals surface area contributed by atoms with Crippen LogP contribution < -0.4 is 4.90 Å². The van der Waals surface area contributed by atoms with Crippen molar-refractivity contribution in [2.24, 2.45) is 17.8 Å². The van der Waals surface area contributed by atoms with Gasteiger partial charge in [0.2, 0.25) is 0 Å². The number of nitrogens with zero attached hydrogens (tertiary/aromatic N) is 3. The van der Waals surface area contributed by atoms with Crippen molar-refractivity contribution >= 4 is 6.01 Å². The highest BCUT2D eigenvalue weighted by atomic mass is 16.5. The van der Waals surface area contributed by atoms with Gasteiger partial charge >= 0.3 is 6.01 Å². The van der Waals surface area contributed by atoms with Crippen LogP contribution in [0.25, 0.3) is 0 Å². The lowest BCUT2D eigenvalue weighted by Gasteiger charge is -2.30. The first-order valence-corrected chi connectivity index (χ1v) is 7.77. The third kappa shape index (κ3) is 2.63. The Morgan fingerprint density at radius 2 is 2.05 bits per heavy atom.